The lowest BCUT2D eigenvalue weighted by atomic mass is 10.0. The van der Waals surface area contributed by atoms with Crippen molar-refractivity contribution in [3.8, 4) is 6.07 Å². The Morgan fingerprint density at radius 3 is 2.34 bits per heavy atom. The summed E-state index contributed by atoms with van der Waals surface area (Å²) in [6.07, 6.45) is 8.43. The first-order valence-corrected chi connectivity index (χ1v) is 10.2. The number of hydrogen-bond donors (Lipinski definition) is 0. The summed E-state index contributed by atoms with van der Waals surface area (Å²) in [7, 11) is 3.78. The first-order valence-electron chi connectivity index (χ1n) is 9.04. The SMILES string of the molecule is C=N/C(=C(/c1ccc(C#N)cc1)N(CBr)CCc1cnn(C)c1)c1cnn(C)c1. The molecule has 0 bridgehead atoms. The maximum Gasteiger partial charge on any atom is 0.0991 e. The van der Waals surface area contributed by atoms with Crippen LogP contribution in [0.5, 0.6) is 0 Å². The highest BCUT2D eigenvalue weighted by molar-refractivity contribution is 9.09. The Kier molecular flexibility index (Phi) is 6.62. The maximum absolute atomic E-state index is 9.14. The van der Waals surface area contributed by atoms with Crippen LogP contribution in [0.3, 0.4) is 0 Å². The van der Waals surface area contributed by atoms with Crippen LogP contribution in [0.25, 0.3) is 11.4 Å². The van der Waals surface area contributed by atoms with E-state index in [0.29, 0.717) is 11.0 Å². The lowest BCUT2D eigenvalue weighted by molar-refractivity contribution is 0.471. The summed E-state index contributed by atoms with van der Waals surface area (Å²) in [6, 6.07) is 9.67. The summed E-state index contributed by atoms with van der Waals surface area (Å²) in [5, 5.41) is 17.7. The second-order valence-corrected chi connectivity index (χ2v) is 7.10. The molecule has 0 saturated heterocycles. The van der Waals surface area contributed by atoms with Crippen molar-refractivity contribution in [2.45, 2.75) is 6.42 Å². The zero-order valence-electron chi connectivity index (χ0n) is 16.5. The quantitative estimate of drug-likeness (QED) is 0.298. The molecule has 0 aliphatic carbocycles. The highest BCUT2D eigenvalue weighted by Gasteiger charge is 2.19. The monoisotopic (exact) mass is 451 g/mol. The zero-order valence-corrected chi connectivity index (χ0v) is 18.0. The molecule has 0 aliphatic heterocycles. The average molecular weight is 452 g/mol. The summed E-state index contributed by atoms with van der Waals surface area (Å²) in [5.41, 5.74) is 5.90. The number of rotatable bonds is 8. The Bertz CT molecular complexity index is 1050. The lowest BCUT2D eigenvalue weighted by Crippen LogP contribution is -2.24. The number of aliphatic imine (C=N–C) groups is 1. The third-order valence-electron chi connectivity index (χ3n) is 4.54. The van der Waals surface area contributed by atoms with Crippen LogP contribution in [0.4, 0.5) is 0 Å². The van der Waals surface area contributed by atoms with E-state index < -0.39 is 0 Å². The van der Waals surface area contributed by atoms with Crippen LogP contribution in [0.1, 0.15) is 22.3 Å². The third-order valence-corrected chi connectivity index (χ3v) is 5.14. The largest absolute Gasteiger partial charge is 0.359 e. The second kappa shape index (κ2) is 9.34. The summed E-state index contributed by atoms with van der Waals surface area (Å²) < 4.78 is 3.54. The van der Waals surface area contributed by atoms with E-state index in [-0.39, 0.29) is 0 Å². The minimum absolute atomic E-state index is 0.613. The molecular formula is C21H22BrN7. The van der Waals surface area contributed by atoms with Gasteiger partial charge in [-0.2, -0.15) is 15.5 Å². The van der Waals surface area contributed by atoms with E-state index in [0.717, 1.165) is 41.1 Å². The predicted molar refractivity (Wildman–Crippen MR) is 118 cm³/mol. The Labute approximate surface area is 178 Å². The van der Waals surface area contributed by atoms with Gasteiger partial charge in [0.2, 0.25) is 0 Å². The van der Waals surface area contributed by atoms with Crippen LogP contribution in [0, 0.1) is 11.3 Å². The molecule has 0 amide bonds. The molecule has 7 nitrogen and oxygen atoms in total. The van der Waals surface area contributed by atoms with Crippen LogP contribution in [0.2, 0.25) is 0 Å². The van der Waals surface area contributed by atoms with Gasteiger partial charge < -0.3 is 4.90 Å². The number of alkyl halides is 1. The number of nitrogens with zero attached hydrogens (tertiary/aromatic N) is 7. The highest BCUT2D eigenvalue weighted by Crippen LogP contribution is 2.31. The topological polar surface area (TPSA) is 75.0 Å². The molecule has 1 aromatic carbocycles. The molecule has 3 rings (SSSR count). The second-order valence-electron chi connectivity index (χ2n) is 6.60. The Hall–Kier alpha value is -3.18. The van der Waals surface area contributed by atoms with Gasteiger partial charge in [0.05, 0.1) is 40.9 Å². The van der Waals surface area contributed by atoms with E-state index in [2.05, 4.69) is 48.8 Å². The van der Waals surface area contributed by atoms with Crippen molar-refractivity contribution in [3.63, 3.8) is 0 Å². The van der Waals surface area contributed by atoms with Gasteiger partial charge in [-0.05, 0) is 30.8 Å². The van der Waals surface area contributed by atoms with Gasteiger partial charge in [-0.3, -0.25) is 14.4 Å². The van der Waals surface area contributed by atoms with Gasteiger partial charge in [-0.1, -0.05) is 28.1 Å². The maximum atomic E-state index is 9.14. The number of aromatic nitrogens is 4. The van der Waals surface area contributed by atoms with Gasteiger partial charge in [0.1, 0.15) is 0 Å². The van der Waals surface area contributed by atoms with E-state index in [1.165, 1.54) is 0 Å². The van der Waals surface area contributed by atoms with Gasteiger partial charge in [0.25, 0.3) is 0 Å². The van der Waals surface area contributed by atoms with Crippen molar-refractivity contribution in [2.24, 2.45) is 19.1 Å². The molecule has 2 heterocycles. The first-order chi connectivity index (χ1) is 14.0. The van der Waals surface area contributed by atoms with Crippen LogP contribution < -0.4 is 0 Å². The van der Waals surface area contributed by atoms with E-state index in [9.17, 15) is 0 Å². The molecule has 0 unspecified atom stereocenters. The fraction of sp³-hybridized carbons (Fsp3) is 0.238. The number of benzene rings is 1. The molecule has 0 fully saturated rings. The predicted octanol–water partition coefficient (Wildman–Crippen LogP) is 3.45. The molecule has 0 spiro atoms. The minimum atomic E-state index is 0.613. The van der Waals surface area contributed by atoms with Crippen LogP contribution in [-0.4, -0.2) is 43.2 Å². The molecule has 0 N–H and O–H groups in total. The number of aryl methyl sites for hydroxylation is 2. The van der Waals surface area contributed by atoms with Crippen molar-refractivity contribution in [1.29, 1.82) is 5.26 Å². The van der Waals surface area contributed by atoms with Gasteiger partial charge in [-0.15, -0.1) is 0 Å². The van der Waals surface area contributed by atoms with Crippen molar-refractivity contribution >= 4 is 34.0 Å². The van der Waals surface area contributed by atoms with Crippen molar-refractivity contribution in [2.75, 3.05) is 12.0 Å². The lowest BCUT2D eigenvalue weighted by Gasteiger charge is -2.27. The fourth-order valence-electron chi connectivity index (χ4n) is 3.11. The van der Waals surface area contributed by atoms with Gasteiger partial charge in [0.15, 0.2) is 0 Å². The molecule has 0 saturated carbocycles. The molecular weight excluding hydrogens is 430 g/mol. The van der Waals surface area contributed by atoms with Crippen molar-refractivity contribution in [1.82, 2.24) is 24.5 Å². The minimum Gasteiger partial charge on any atom is -0.359 e. The van der Waals surface area contributed by atoms with Crippen LogP contribution in [-0.2, 0) is 20.5 Å². The van der Waals surface area contributed by atoms with Crippen LogP contribution in [0.15, 0.2) is 54.0 Å². The fourth-order valence-corrected chi connectivity index (χ4v) is 3.62. The molecule has 2 aromatic heterocycles. The Morgan fingerprint density at radius 2 is 1.83 bits per heavy atom. The normalized spacial score (nSPS) is 11.7. The molecule has 29 heavy (non-hydrogen) atoms. The summed E-state index contributed by atoms with van der Waals surface area (Å²) in [4.78, 5) is 6.55. The Balaban J connectivity index is 2.05. The van der Waals surface area contributed by atoms with Gasteiger partial charge >= 0.3 is 0 Å². The molecule has 148 valence electrons. The average Bonchev–Trinajstić information content (AvgIpc) is 3.35. The summed E-state index contributed by atoms with van der Waals surface area (Å²) >= 11 is 3.63. The smallest absolute Gasteiger partial charge is 0.0991 e. The molecule has 0 radical (unpaired) electrons. The molecule has 3 aromatic rings. The first kappa shape index (κ1) is 20.6. The van der Waals surface area contributed by atoms with Crippen molar-refractivity contribution < 1.29 is 0 Å². The number of hydrogen-bond acceptors (Lipinski definition) is 5. The van der Waals surface area contributed by atoms with Crippen molar-refractivity contribution in [3.05, 3.63) is 71.3 Å². The number of halogens is 1. The van der Waals surface area contributed by atoms with E-state index in [1.807, 2.05) is 57.0 Å². The van der Waals surface area contributed by atoms with Gasteiger partial charge in [-0.25, -0.2) is 0 Å². The zero-order chi connectivity index (χ0) is 20.8. The Morgan fingerprint density at radius 1 is 1.14 bits per heavy atom. The third kappa shape index (κ3) is 4.81. The van der Waals surface area contributed by atoms with E-state index in [4.69, 9.17) is 5.26 Å². The summed E-state index contributed by atoms with van der Waals surface area (Å²) in [6.45, 7) is 4.57. The summed E-state index contributed by atoms with van der Waals surface area (Å²) in [5.74, 6) is 0. The van der Waals surface area contributed by atoms with Crippen LogP contribution >= 0.6 is 15.9 Å². The number of nitriles is 1. The highest BCUT2D eigenvalue weighted by atomic mass is 79.9. The standard InChI is InChI=1S/C21H22BrN7/c1-24-20(19-12-26-28(3)14-19)21(18-6-4-16(10-23)5-7-18)29(15-22)9-8-17-11-25-27(2)13-17/h4-7,11-14H,1,8-9,15H2,2-3H3/b21-20-. The van der Waals surface area contributed by atoms with Gasteiger partial charge in [0, 0.05) is 44.2 Å². The molecule has 0 atom stereocenters. The molecule has 0 aliphatic rings. The molecule has 8 heteroatoms. The van der Waals surface area contributed by atoms with E-state index in [1.54, 1.807) is 15.6 Å². The van der Waals surface area contributed by atoms with E-state index >= 15 is 0 Å².